The topological polar surface area (TPSA) is 42.2 Å². The highest BCUT2D eigenvalue weighted by atomic mass is 16.3. The highest BCUT2D eigenvalue weighted by Gasteiger charge is 2.17. The Morgan fingerprint density at radius 2 is 1.82 bits per heavy atom. The Bertz CT molecular complexity index is 633. The Hall–Kier alpha value is -1.77. The fraction of sp³-hybridized carbons (Fsp3) is 0.357. The van der Waals surface area contributed by atoms with Crippen molar-refractivity contribution >= 4 is 10.8 Å². The van der Waals surface area contributed by atoms with Crippen LogP contribution in [0.25, 0.3) is 10.8 Å². The van der Waals surface area contributed by atoms with Gasteiger partial charge in [-0.15, -0.1) is 0 Å². The molecule has 0 bridgehead atoms. The van der Waals surface area contributed by atoms with Crippen molar-refractivity contribution < 1.29 is 5.11 Å². The standard InChI is InChI=1S/C14H17NO2/c1-9-8-15(14(2,3)4)13(17)12-7-10(16)5-6-11(9)12/h5-8,16H,1-4H3. The van der Waals surface area contributed by atoms with Gasteiger partial charge >= 0.3 is 0 Å². The summed E-state index contributed by atoms with van der Waals surface area (Å²) in [6, 6.07) is 4.93. The molecule has 1 aromatic carbocycles. The van der Waals surface area contributed by atoms with Gasteiger partial charge in [0.25, 0.3) is 5.56 Å². The second-order valence-corrected chi connectivity index (χ2v) is 5.39. The predicted octanol–water partition coefficient (Wildman–Crippen LogP) is 2.77. The van der Waals surface area contributed by atoms with Crippen LogP contribution in [-0.2, 0) is 5.54 Å². The molecule has 0 aliphatic heterocycles. The second kappa shape index (κ2) is 3.62. The van der Waals surface area contributed by atoms with E-state index in [1.165, 1.54) is 6.07 Å². The van der Waals surface area contributed by atoms with E-state index in [1.807, 2.05) is 33.9 Å². The van der Waals surface area contributed by atoms with Gasteiger partial charge in [-0.3, -0.25) is 4.79 Å². The third kappa shape index (κ3) is 1.93. The van der Waals surface area contributed by atoms with Gasteiger partial charge in [-0.05, 0) is 50.8 Å². The molecule has 1 aromatic heterocycles. The lowest BCUT2D eigenvalue weighted by molar-refractivity contribution is 0.385. The molecule has 0 aliphatic carbocycles. The van der Waals surface area contributed by atoms with Crippen LogP contribution in [0.4, 0.5) is 0 Å². The van der Waals surface area contributed by atoms with Crippen LogP contribution in [0.15, 0.2) is 29.2 Å². The number of hydrogen-bond donors (Lipinski definition) is 1. The van der Waals surface area contributed by atoms with Crippen molar-refractivity contribution in [1.29, 1.82) is 0 Å². The van der Waals surface area contributed by atoms with Gasteiger partial charge in [-0.25, -0.2) is 0 Å². The molecule has 0 unspecified atom stereocenters. The first-order valence-electron chi connectivity index (χ1n) is 5.66. The third-order valence-electron chi connectivity index (χ3n) is 2.92. The van der Waals surface area contributed by atoms with E-state index < -0.39 is 0 Å². The number of aromatic hydroxyl groups is 1. The van der Waals surface area contributed by atoms with Crippen LogP contribution in [-0.4, -0.2) is 9.67 Å². The molecule has 3 nitrogen and oxygen atoms in total. The largest absolute Gasteiger partial charge is 0.508 e. The molecule has 0 saturated heterocycles. The lowest BCUT2D eigenvalue weighted by atomic mass is 10.0. The van der Waals surface area contributed by atoms with E-state index in [2.05, 4.69) is 0 Å². The molecule has 1 N–H and O–H groups in total. The minimum absolute atomic E-state index is 0.0611. The number of nitrogens with zero attached hydrogens (tertiary/aromatic N) is 1. The Morgan fingerprint density at radius 1 is 1.18 bits per heavy atom. The molecule has 90 valence electrons. The summed E-state index contributed by atoms with van der Waals surface area (Å²) in [5.74, 6) is 0.126. The number of hydrogen-bond acceptors (Lipinski definition) is 2. The van der Waals surface area contributed by atoms with Gasteiger partial charge in [0.1, 0.15) is 5.75 Å². The molecular weight excluding hydrogens is 214 g/mol. The summed E-state index contributed by atoms with van der Waals surface area (Å²) in [7, 11) is 0. The van der Waals surface area contributed by atoms with E-state index in [1.54, 1.807) is 16.7 Å². The molecule has 0 radical (unpaired) electrons. The SMILES string of the molecule is Cc1cn(C(C)(C)C)c(=O)c2cc(O)ccc12. The lowest BCUT2D eigenvalue weighted by Gasteiger charge is -2.23. The van der Waals surface area contributed by atoms with Crippen molar-refractivity contribution in [1.82, 2.24) is 4.57 Å². The summed E-state index contributed by atoms with van der Waals surface area (Å²) in [5, 5.41) is 11.0. The number of fused-ring (bicyclic) bond motifs is 1. The monoisotopic (exact) mass is 231 g/mol. The Labute approximate surface area is 100 Å². The van der Waals surface area contributed by atoms with E-state index in [-0.39, 0.29) is 16.8 Å². The number of aryl methyl sites for hydroxylation is 1. The second-order valence-electron chi connectivity index (χ2n) is 5.39. The highest BCUT2D eigenvalue weighted by molar-refractivity contribution is 5.85. The van der Waals surface area contributed by atoms with Crippen LogP contribution >= 0.6 is 0 Å². The summed E-state index contributed by atoms with van der Waals surface area (Å²) >= 11 is 0. The maximum absolute atomic E-state index is 12.3. The molecule has 2 aromatic rings. The van der Waals surface area contributed by atoms with E-state index in [9.17, 15) is 9.90 Å². The zero-order chi connectivity index (χ0) is 12.8. The number of phenols is 1. The van der Waals surface area contributed by atoms with E-state index in [4.69, 9.17) is 0 Å². The minimum Gasteiger partial charge on any atom is -0.508 e. The van der Waals surface area contributed by atoms with Crippen LogP contribution in [0.3, 0.4) is 0 Å². The molecule has 0 spiro atoms. The maximum atomic E-state index is 12.3. The van der Waals surface area contributed by atoms with Crippen LogP contribution in [0.1, 0.15) is 26.3 Å². The number of phenolic OH excluding ortho intramolecular Hbond substituents is 1. The van der Waals surface area contributed by atoms with Crippen LogP contribution in [0, 0.1) is 6.92 Å². The molecule has 0 fully saturated rings. The average Bonchev–Trinajstić information content (AvgIpc) is 2.21. The van der Waals surface area contributed by atoms with Gasteiger partial charge in [0.05, 0.1) is 5.39 Å². The first-order chi connectivity index (χ1) is 7.80. The maximum Gasteiger partial charge on any atom is 0.259 e. The Balaban J connectivity index is 2.93. The average molecular weight is 231 g/mol. The van der Waals surface area contributed by atoms with Gasteiger partial charge in [0.2, 0.25) is 0 Å². The van der Waals surface area contributed by atoms with Crippen LogP contribution in [0.2, 0.25) is 0 Å². The molecule has 0 amide bonds. The van der Waals surface area contributed by atoms with Crippen molar-refractivity contribution in [3.63, 3.8) is 0 Å². The number of aromatic nitrogens is 1. The molecule has 1 heterocycles. The molecule has 2 rings (SSSR count). The lowest BCUT2D eigenvalue weighted by Crippen LogP contribution is -2.33. The van der Waals surface area contributed by atoms with Crippen molar-refractivity contribution in [2.24, 2.45) is 0 Å². The smallest absolute Gasteiger partial charge is 0.259 e. The summed E-state index contributed by atoms with van der Waals surface area (Å²) in [5.41, 5.74) is 0.713. The van der Waals surface area contributed by atoms with Gasteiger partial charge < -0.3 is 9.67 Å². The van der Waals surface area contributed by atoms with E-state index in [0.717, 1.165) is 10.9 Å². The van der Waals surface area contributed by atoms with Crippen LogP contribution in [0.5, 0.6) is 5.75 Å². The Morgan fingerprint density at radius 3 is 2.41 bits per heavy atom. The normalized spacial score (nSPS) is 12.0. The van der Waals surface area contributed by atoms with Crippen molar-refractivity contribution in [2.75, 3.05) is 0 Å². The van der Waals surface area contributed by atoms with Crippen molar-refractivity contribution in [2.45, 2.75) is 33.2 Å². The molecular formula is C14H17NO2. The van der Waals surface area contributed by atoms with Gasteiger partial charge in [-0.1, -0.05) is 6.07 Å². The molecule has 0 saturated carbocycles. The molecule has 3 heteroatoms. The summed E-state index contributed by atoms with van der Waals surface area (Å²) < 4.78 is 1.71. The minimum atomic E-state index is -0.262. The van der Waals surface area contributed by atoms with Crippen molar-refractivity contribution in [3.8, 4) is 5.75 Å². The Kier molecular flexibility index (Phi) is 2.49. The van der Waals surface area contributed by atoms with Gasteiger partial charge in [-0.2, -0.15) is 0 Å². The fourth-order valence-corrected chi connectivity index (χ4v) is 2.00. The van der Waals surface area contributed by atoms with Crippen molar-refractivity contribution in [3.05, 3.63) is 40.3 Å². The fourth-order valence-electron chi connectivity index (χ4n) is 2.00. The number of benzene rings is 1. The summed E-state index contributed by atoms with van der Waals surface area (Å²) in [6.45, 7) is 7.94. The number of rotatable bonds is 0. The quantitative estimate of drug-likeness (QED) is 0.757. The first-order valence-corrected chi connectivity index (χ1v) is 5.66. The molecule has 0 atom stereocenters. The third-order valence-corrected chi connectivity index (χ3v) is 2.92. The predicted molar refractivity (Wildman–Crippen MR) is 69.6 cm³/mol. The summed E-state index contributed by atoms with van der Waals surface area (Å²) in [6.07, 6.45) is 1.88. The summed E-state index contributed by atoms with van der Waals surface area (Å²) in [4.78, 5) is 12.3. The van der Waals surface area contributed by atoms with E-state index in [0.29, 0.717) is 5.39 Å². The highest BCUT2D eigenvalue weighted by Crippen LogP contribution is 2.22. The first kappa shape index (κ1) is 11.7. The molecule has 17 heavy (non-hydrogen) atoms. The van der Waals surface area contributed by atoms with Crippen LogP contribution < -0.4 is 5.56 Å². The number of pyridine rings is 1. The molecule has 0 aliphatic rings. The van der Waals surface area contributed by atoms with Gasteiger partial charge in [0, 0.05) is 11.7 Å². The van der Waals surface area contributed by atoms with Gasteiger partial charge in [0.15, 0.2) is 0 Å². The van der Waals surface area contributed by atoms with E-state index >= 15 is 0 Å². The zero-order valence-electron chi connectivity index (χ0n) is 10.6. The zero-order valence-corrected chi connectivity index (χ0v) is 10.6.